The van der Waals surface area contributed by atoms with Gasteiger partial charge in [-0.1, -0.05) is 18.2 Å². The highest BCUT2D eigenvalue weighted by atomic mass is 19.4. The average molecular weight is 528 g/mol. The number of pyridine rings is 1. The molecule has 1 aromatic carbocycles. The molecule has 1 amide bonds. The fourth-order valence-electron chi connectivity index (χ4n) is 3.74. The smallest absolute Gasteiger partial charge is 0.418 e. The maximum atomic E-state index is 13.8. The van der Waals surface area contributed by atoms with Crippen LogP contribution in [0.15, 0.2) is 67.3 Å². The van der Waals surface area contributed by atoms with Gasteiger partial charge in [0.15, 0.2) is 11.6 Å². The molecule has 0 aliphatic carbocycles. The van der Waals surface area contributed by atoms with Gasteiger partial charge in [-0.25, -0.2) is 19.3 Å². The first-order valence-corrected chi connectivity index (χ1v) is 11.3. The number of alkyl halides is 3. The van der Waals surface area contributed by atoms with Gasteiger partial charge in [0.05, 0.1) is 30.1 Å². The third-order valence-electron chi connectivity index (χ3n) is 5.45. The zero-order valence-corrected chi connectivity index (χ0v) is 19.6. The number of nitrogens with zero attached hydrogens (tertiary/aromatic N) is 5. The molecule has 13 heteroatoms. The number of carbonyl (C=O) groups is 2. The number of aliphatic carboxylic acids is 1. The third kappa shape index (κ3) is 6.35. The van der Waals surface area contributed by atoms with Crippen molar-refractivity contribution >= 4 is 11.9 Å². The van der Waals surface area contributed by atoms with Crippen molar-refractivity contribution in [3.63, 3.8) is 0 Å². The molecule has 0 saturated carbocycles. The van der Waals surface area contributed by atoms with Crippen molar-refractivity contribution in [1.29, 1.82) is 0 Å². The van der Waals surface area contributed by atoms with Crippen LogP contribution in [0.5, 0.6) is 0 Å². The van der Waals surface area contributed by atoms with Crippen LogP contribution in [0, 0.1) is 5.82 Å². The maximum Gasteiger partial charge on any atom is 0.418 e. The first-order valence-electron chi connectivity index (χ1n) is 11.3. The molecule has 0 fully saturated rings. The van der Waals surface area contributed by atoms with E-state index in [1.807, 2.05) is 0 Å². The molecule has 0 aliphatic rings. The van der Waals surface area contributed by atoms with Crippen molar-refractivity contribution in [3.05, 3.63) is 90.2 Å². The van der Waals surface area contributed by atoms with Gasteiger partial charge >= 0.3 is 12.1 Å². The van der Waals surface area contributed by atoms with E-state index < -0.39 is 41.9 Å². The molecule has 4 aromatic rings. The second kappa shape index (κ2) is 11.2. The number of rotatable bonds is 9. The fourth-order valence-corrected chi connectivity index (χ4v) is 3.74. The normalized spacial score (nSPS) is 12.2. The van der Waals surface area contributed by atoms with Gasteiger partial charge in [0, 0.05) is 24.9 Å². The Hall–Kier alpha value is -4.68. The van der Waals surface area contributed by atoms with Gasteiger partial charge < -0.3 is 10.4 Å². The Labute approximate surface area is 213 Å². The number of carboxylic acids is 1. The number of aromatic nitrogens is 5. The van der Waals surface area contributed by atoms with Gasteiger partial charge in [-0.05, 0) is 30.7 Å². The van der Waals surface area contributed by atoms with E-state index in [1.54, 1.807) is 12.1 Å². The number of benzene rings is 1. The quantitative estimate of drug-likeness (QED) is 0.314. The van der Waals surface area contributed by atoms with Crippen LogP contribution in [0.4, 0.5) is 17.6 Å². The molecule has 2 N–H and O–H groups in total. The van der Waals surface area contributed by atoms with E-state index in [-0.39, 0.29) is 41.6 Å². The minimum Gasteiger partial charge on any atom is -0.481 e. The van der Waals surface area contributed by atoms with E-state index in [2.05, 4.69) is 25.3 Å². The van der Waals surface area contributed by atoms with E-state index in [9.17, 15) is 32.3 Å². The third-order valence-corrected chi connectivity index (χ3v) is 5.45. The van der Waals surface area contributed by atoms with E-state index in [4.69, 9.17) is 0 Å². The Kier molecular flexibility index (Phi) is 7.74. The van der Waals surface area contributed by atoms with Crippen molar-refractivity contribution in [1.82, 2.24) is 29.8 Å². The standard InChI is InChI=1S/C25H20F4N6O3/c26-15-12-31-21(32-13-15)9-8-16(11-22(36)37)33-24(38)19-14-35(23(34-19)18-6-3-4-10-30-18)20-7-2-1-5-17(20)25(27,28)29/h1-7,10,12-14,16H,8-9,11H2,(H,33,38)(H,36,37). The molecule has 4 rings (SSSR count). The van der Waals surface area contributed by atoms with Crippen LogP contribution < -0.4 is 5.32 Å². The minimum absolute atomic E-state index is 0.0121. The number of hydrogen-bond acceptors (Lipinski definition) is 6. The zero-order valence-electron chi connectivity index (χ0n) is 19.6. The summed E-state index contributed by atoms with van der Waals surface area (Å²) in [7, 11) is 0. The number of imidazole rings is 1. The molecule has 0 bridgehead atoms. The molecule has 1 unspecified atom stereocenters. The molecule has 3 heterocycles. The molecule has 0 radical (unpaired) electrons. The fraction of sp³-hybridized carbons (Fsp3) is 0.200. The van der Waals surface area contributed by atoms with Crippen molar-refractivity contribution in [2.24, 2.45) is 0 Å². The SMILES string of the molecule is O=C(O)CC(CCc1ncc(F)cn1)NC(=O)c1cn(-c2ccccc2C(F)(F)F)c(-c2ccccn2)n1. The van der Waals surface area contributed by atoms with Gasteiger partial charge in [-0.15, -0.1) is 0 Å². The summed E-state index contributed by atoms with van der Waals surface area (Å²) in [5.41, 5.74) is -1.22. The molecule has 9 nitrogen and oxygen atoms in total. The molecular formula is C25H20F4N6O3. The highest BCUT2D eigenvalue weighted by Gasteiger charge is 2.34. The number of aryl methyl sites for hydroxylation is 1. The highest BCUT2D eigenvalue weighted by molar-refractivity contribution is 5.93. The van der Waals surface area contributed by atoms with Crippen molar-refractivity contribution in [2.45, 2.75) is 31.5 Å². The van der Waals surface area contributed by atoms with Crippen LogP contribution in [-0.4, -0.2) is 47.5 Å². The predicted molar refractivity (Wildman–Crippen MR) is 126 cm³/mol. The number of carboxylic acid groups (broad SMARTS) is 1. The maximum absolute atomic E-state index is 13.8. The van der Waals surface area contributed by atoms with E-state index >= 15 is 0 Å². The predicted octanol–water partition coefficient (Wildman–Crippen LogP) is 4.09. The molecule has 1 atom stereocenters. The molecule has 0 aliphatic heterocycles. The molecule has 0 saturated heterocycles. The lowest BCUT2D eigenvalue weighted by Crippen LogP contribution is -2.37. The zero-order chi connectivity index (χ0) is 27.3. The van der Waals surface area contributed by atoms with Gasteiger partial charge in [0.2, 0.25) is 0 Å². The molecule has 0 spiro atoms. The van der Waals surface area contributed by atoms with Crippen LogP contribution in [-0.2, 0) is 17.4 Å². The Morgan fingerprint density at radius 2 is 1.74 bits per heavy atom. The molecule has 38 heavy (non-hydrogen) atoms. The monoisotopic (exact) mass is 528 g/mol. The summed E-state index contributed by atoms with van der Waals surface area (Å²) in [4.78, 5) is 40.5. The summed E-state index contributed by atoms with van der Waals surface area (Å²) < 4.78 is 55.5. The topological polar surface area (TPSA) is 123 Å². The Morgan fingerprint density at radius 3 is 2.39 bits per heavy atom. The van der Waals surface area contributed by atoms with Crippen LogP contribution in [0.25, 0.3) is 17.2 Å². The van der Waals surface area contributed by atoms with E-state index in [1.165, 1.54) is 30.5 Å². The Balaban J connectivity index is 1.66. The molecular weight excluding hydrogens is 508 g/mol. The number of amides is 1. The van der Waals surface area contributed by atoms with Crippen LogP contribution in [0.2, 0.25) is 0 Å². The summed E-state index contributed by atoms with van der Waals surface area (Å²) in [6.07, 6.45) is -0.360. The van der Waals surface area contributed by atoms with Crippen LogP contribution in [0.3, 0.4) is 0 Å². The van der Waals surface area contributed by atoms with Crippen molar-refractivity contribution in [3.8, 4) is 17.2 Å². The summed E-state index contributed by atoms with van der Waals surface area (Å²) in [5.74, 6) is -2.37. The van der Waals surface area contributed by atoms with Crippen molar-refractivity contribution in [2.75, 3.05) is 0 Å². The van der Waals surface area contributed by atoms with Gasteiger partial charge in [-0.2, -0.15) is 13.2 Å². The highest BCUT2D eigenvalue weighted by Crippen LogP contribution is 2.35. The molecule has 196 valence electrons. The Bertz CT molecular complexity index is 1430. The van der Waals surface area contributed by atoms with Gasteiger partial charge in [-0.3, -0.25) is 19.1 Å². The first-order chi connectivity index (χ1) is 18.1. The number of carbonyl (C=O) groups excluding carboxylic acids is 1. The van der Waals surface area contributed by atoms with E-state index in [0.717, 1.165) is 29.2 Å². The van der Waals surface area contributed by atoms with Crippen LogP contribution in [0.1, 0.15) is 34.7 Å². The number of nitrogens with one attached hydrogen (secondary N) is 1. The lowest BCUT2D eigenvalue weighted by atomic mass is 10.1. The van der Waals surface area contributed by atoms with E-state index in [0.29, 0.717) is 0 Å². The minimum atomic E-state index is -4.68. The summed E-state index contributed by atoms with van der Waals surface area (Å²) in [5, 5.41) is 11.9. The van der Waals surface area contributed by atoms with Gasteiger partial charge in [0.1, 0.15) is 17.2 Å². The second-order valence-corrected chi connectivity index (χ2v) is 8.17. The van der Waals surface area contributed by atoms with Crippen molar-refractivity contribution < 1.29 is 32.3 Å². The average Bonchev–Trinajstić information content (AvgIpc) is 3.34. The summed E-state index contributed by atoms with van der Waals surface area (Å²) in [6, 6.07) is 8.72. The summed E-state index contributed by atoms with van der Waals surface area (Å²) >= 11 is 0. The summed E-state index contributed by atoms with van der Waals surface area (Å²) in [6.45, 7) is 0. The van der Waals surface area contributed by atoms with Crippen LogP contribution >= 0.6 is 0 Å². The first kappa shape index (κ1) is 26.4. The number of hydrogen-bond donors (Lipinski definition) is 2. The number of para-hydroxylation sites is 1. The Morgan fingerprint density at radius 1 is 1.03 bits per heavy atom. The lowest BCUT2D eigenvalue weighted by molar-refractivity contribution is -0.138. The van der Waals surface area contributed by atoms with Gasteiger partial charge in [0.25, 0.3) is 5.91 Å². The number of halogens is 4. The lowest BCUT2D eigenvalue weighted by Gasteiger charge is -2.16. The second-order valence-electron chi connectivity index (χ2n) is 8.17. The largest absolute Gasteiger partial charge is 0.481 e. The molecule has 3 aromatic heterocycles.